The minimum Gasteiger partial charge on any atom is -0.378 e. The fourth-order valence-corrected chi connectivity index (χ4v) is 2.62. The summed E-state index contributed by atoms with van der Waals surface area (Å²) >= 11 is 0. The van der Waals surface area contributed by atoms with E-state index in [0.717, 1.165) is 42.7 Å². The van der Waals surface area contributed by atoms with Crippen LogP contribution in [-0.2, 0) is 4.74 Å². The smallest absolute Gasteiger partial charge is 0.222 e. The highest BCUT2D eigenvalue weighted by Crippen LogP contribution is 2.21. The molecule has 106 valence electrons. The van der Waals surface area contributed by atoms with Crippen LogP contribution in [0.2, 0.25) is 0 Å². The molecule has 1 aromatic carbocycles. The van der Waals surface area contributed by atoms with E-state index < -0.39 is 0 Å². The predicted octanol–water partition coefficient (Wildman–Crippen LogP) is 2.58. The maximum absolute atomic E-state index is 5.75. The number of aromatic nitrogens is 2. The van der Waals surface area contributed by atoms with Crippen LogP contribution in [0.25, 0.3) is 10.9 Å². The number of fused-ring (bicyclic) bond motifs is 1. The third-order valence-corrected chi connectivity index (χ3v) is 3.65. The van der Waals surface area contributed by atoms with Crippen molar-refractivity contribution in [2.75, 3.05) is 24.2 Å². The fourth-order valence-electron chi connectivity index (χ4n) is 2.62. The quantitative estimate of drug-likeness (QED) is 0.895. The second-order valence-electron chi connectivity index (χ2n) is 5.15. The molecule has 0 amide bonds. The van der Waals surface area contributed by atoms with Gasteiger partial charge in [0.05, 0.1) is 11.6 Å². The molecule has 1 aliphatic rings. The summed E-state index contributed by atoms with van der Waals surface area (Å²) in [4.78, 5) is 8.53. The van der Waals surface area contributed by atoms with Crippen molar-refractivity contribution in [2.24, 2.45) is 0 Å². The topological polar surface area (TPSA) is 73.1 Å². The number of hydrogen-bond acceptors (Lipinski definition) is 5. The summed E-state index contributed by atoms with van der Waals surface area (Å²) in [5.74, 6) is 1.11. The summed E-state index contributed by atoms with van der Waals surface area (Å²) in [6.07, 6.45) is 5.00. The molecular weight excluding hydrogens is 252 g/mol. The predicted molar refractivity (Wildman–Crippen MR) is 80.6 cm³/mol. The van der Waals surface area contributed by atoms with Crippen molar-refractivity contribution < 1.29 is 4.74 Å². The van der Waals surface area contributed by atoms with Gasteiger partial charge in [-0.05, 0) is 37.8 Å². The average molecular weight is 272 g/mol. The molecule has 1 aromatic heterocycles. The van der Waals surface area contributed by atoms with Crippen molar-refractivity contribution in [3.05, 3.63) is 24.3 Å². The van der Waals surface area contributed by atoms with Crippen molar-refractivity contribution in [3.8, 4) is 0 Å². The minimum absolute atomic E-state index is 0.306. The Morgan fingerprint density at radius 1 is 1.25 bits per heavy atom. The van der Waals surface area contributed by atoms with Crippen LogP contribution in [-0.4, -0.2) is 29.2 Å². The van der Waals surface area contributed by atoms with Crippen LogP contribution in [0.15, 0.2) is 24.3 Å². The Labute approximate surface area is 118 Å². The van der Waals surface area contributed by atoms with E-state index in [1.807, 2.05) is 24.3 Å². The van der Waals surface area contributed by atoms with E-state index in [1.165, 1.54) is 12.8 Å². The molecule has 0 spiro atoms. The number of rotatable bonds is 4. The maximum Gasteiger partial charge on any atom is 0.222 e. The zero-order valence-corrected chi connectivity index (χ0v) is 11.5. The molecule has 20 heavy (non-hydrogen) atoms. The second-order valence-corrected chi connectivity index (χ2v) is 5.15. The van der Waals surface area contributed by atoms with Crippen molar-refractivity contribution in [1.82, 2.24) is 9.97 Å². The van der Waals surface area contributed by atoms with Crippen molar-refractivity contribution in [3.63, 3.8) is 0 Å². The van der Waals surface area contributed by atoms with E-state index in [4.69, 9.17) is 10.5 Å². The van der Waals surface area contributed by atoms with Crippen molar-refractivity contribution in [1.29, 1.82) is 0 Å². The molecule has 5 heteroatoms. The number of nitrogens with two attached hydrogens (primary N) is 1. The first-order valence-corrected chi connectivity index (χ1v) is 7.20. The monoisotopic (exact) mass is 272 g/mol. The summed E-state index contributed by atoms with van der Waals surface area (Å²) in [7, 11) is 0. The lowest BCUT2D eigenvalue weighted by atomic mass is 10.1. The summed E-state index contributed by atoms with van der Waals surface area (Å²) in [6, 6.07) is 7.89. The number of nitrogens with one attached hydrogen (secondary N) is 1. The molecule has 0 radical (unpaired) electrons. The van der Waals surface area contributed by atoms with Gasteiger partial charge in [-0.3, -0.25) is 0 Å². The highest BCUT2D eigenvalue weighted by atomic mass is 16.5. The molecule has 5 nitrogen and oxygen atoms in total. The highest BCUT2D eigenvalue weighted by Gasteiger charge is 2.13. The normalized spacial score (nSPS) is 19.1. The largest absolute Gasteiger partial charge is 0.378 e. The molecule has 1 fully saturated rings. The first-order chi connectivity index (χ1) is 9.83. The third kappa shape index (κ3) is 2.99. The lowest BCUT2D eigenvalue weighted by Crippen LogP contribution is -2.22. The first-order valence-electron chi connectivity index (χ1n) is 7.20. The second kappa shape index (κ2) is 6.05. The van der Waals surface area contributed by atoms with Crippen molar-refractivity contribution >= 4 is 22.7 Å². The van der Waals surface area contributed by atoms with Gasteiger partial charge in [-0.15, -0.1) is 0 Å². The van der Waals surface area contributed by atoms with Crippen LogP contribution in [0, 0.1) is 0 Å². The number of nitrogen functional groups attached to an aromatic ring is 1. The number of nitrogens with zero attached hydrogens (tertiary/aromatic N) is 2. The molecule has 3 rings (SSSR count). The van der Waals surface area contributed by atoms with Crippen LogP contribution in [0.1, 0.15) is 25.7 Å². The van der Waals surface area contributed by atoms with Gasteiger partial charge in [0.15, 0.2) is 0 Å². The SMILES string of the molecule is Nc1nc(NCCC2CCCCO2)c2ccccc2n1. The van der Waals surface area contributed by atoms with E-state index in [1.54, 1.807) is 0 Å². The number of ether oxygens (including phenoxy) is 1. The third-order valence-electron chi connectivity index (χ3n) is 3.65. The molecule has 1 unspecified atom stereocenters. The summed E-state index contributed by atoms with van der Waals surface area (Å²) in [6.45, 7) is 1.74. The summed E-state index contributed by atoms with van der Waals surface area (Å²) < 4.78 is 5.73. The van der Waals surface area contributed by atoms with Crippen LogP contribution in [0.3, 0.4) is 0 Å². The van der Waals surface area contributed by atoms with Gasteiger partial charge in [0.1, 0.15) is 5.82 Å². The average Bonchev–Trinajstić information content (AvgIpc) is 2.48. The van der Waals surface area contributed by atoms with Crippen molar-refractivity contribution in [2.45, 2.75) is 31.8 Å². The van der Waals surface area contributed by atoms with Crippen LogP contribution >= 0.6 is 0 Å². The van der Waals surface area contributed by atoms with Gasteiger partial charge in [0.2, 0.25) is 5.95 Å². The number of para-hydroxylation sites is 1. The zero-order valence-electron chi connectivity index (χ0n) is 11.5. The highest BCUT2D eigenvalue weighted by molar-refractivity contribution is 5.89. The number of anilines is 2. The van der Waals surface area contributed by atoms with E-state index in [9.17, 15) is 0 Å². The maximum atomic E-state index is 5.75. The summed E-state index contributed by atoms with van der Waals surface area (Å²) in [5.41, 5.74) is 6.62. The van der Waals surface area contributed by atoms with Gasteiger partial charge < -0.3 is 15.8 Å². The van der Waals surface area contributed by atoms with Crippen LogP contribution < -0.4 is 11.1 Å². The Kier molecular flexibility index (Phi) is 3.97. The van der Waals surface area contributed by atoms with Gasteiger partial charge in [-0.25, -0.2) is 4.98 Å². The molecular formula is C15H20N4O. The molecule has 3 N–H and O–H groups in total. The zero-order chi connectivity index (χ0) is 13.8. The van der Waals surface area contributed by atoms with Gasteiger partial charge in [0.25, 0.3) is 0 Å². The van der Waals surface area contributed by atoms with Crippen LogP contribution in [0.5, 0.6) is 0 Å². The molecule has 0 bridgehead atoms. The summed E-state index contributed by atoms with van der Waals surface area (Å²) in [5, 5.41) is 4.37. The number of hydrogen-bond donors (Lipinski definition) is 2. The van der Waals surface area contributed by atoms with Gasteiger partial charge >= 0.3 is 0 Å². The van der Waals surface area contributed by atoms with E-state index >= 15 is 0 Å². The van der Waals surface area contributed by atoms with Gasteiger partial charge in [-0.2, -0.15) is 4.98 Å². The number of benzene rings is 1. The Morgan fingerprint density at radius 3 is 3.00 bits per heavy atom. The Bertz CT molecular complexity index is 581. The Balaban J connectivity index is 1.67. The lowest BCUT2D eigenvalue weighted by molar-refractivity contribution is 0.0134. The molecule has 1 aliphatic heterocycles. The Hall–Kier alpha value is -1.88. The molecule has 1 atom stereocenters. The van der Waals surface area contributed by atoms with Gasteiger partial charge in [0, 0.05) is 18.5 Å². The van der Waals surface area contributed by atoms with Crippen LogP contribution in [0.4, 0.5) is 11.8 Å². The molecule has 2 heterocycles. The molecule has 0 aliphatic carbocycles. The minimum atomic E-state index is 0.306. The first kappa shape index (κ1) is 13.1. The standard InChI is InChI=1S/C15H20N4O/c16-15-18-13-7-2-1-6-12(13)14(19-15)17-9-8-11-5-3-4-10-20-11/h1-2,6-7,11H,3-5,8-10H2,(H3,16,17,18,19). The lowest BCUT2D eigenvalue weighted by Gasteiger charge is -2.22. The van der Waals surface area contributed by atoms with E-state index in [-0.39, 0.29) is 0 Å². The molecule has 2 aromatic rings. The Morgan fingerprint density at radius 2 is 2.15 bits per heavy atom. The van der Waals surface area contributed by atoms with E-state index in [0.29, 0.717) is 12.1 Å². The fraction of sp³-hybridized carbons (Fsp3) is 0.467. The van der Waals surface area contributed by atoms with Gasteiger partial charge in [-0.1, -0.05) is 12.1 Å². The molecule has 1 saturated heterocycles. The van der Waals surface area contributed by atoms with E-state index in [2.05, 4.69) is 15.3 Å². The molecule has 0 saturated carbocycles.